The Balaban J connectivity index is 1.49. The first-order valence-corrected chi connectivity index (χ1v) is 14.4. The molecule has 0 N–H and O–H groups in total. The van der Waals surface area contributed by atoms with Crippen LogP contribution in [0.5, 0.6) is 0 Å². The maximum atomic E-state index is 2.44. The first kappa shape index (κ1) is 23.7. The fraction of sp³-hybridized carbons (Fsp3) is 0.0500. The molecule has 0 saturated carbocycles. The summed E-state index contributed by atoms with van der Waals surface area (Å²) >= 11 is 0. The average Bonchev–Trinajstić information content (AvgIpc) is 3.05. The maximum Gasteiger partial charge on any atom is 0.0546 e. The normalized spacial score (nSPS) is 12.6. The Morgan fingerprint density at radius 1 is 0.488 bits per heavy atom. The molecule has 1 nitrogen and oxygen atoms in total. The fourth-order valence-corrected chi connectivity index (χ4v) is 6.68. The Labute approximate surface area is 240 Å². The predicted octanol–water partition coefficient (Wildman–Crippen LogP) is 11.2. The van der Waals surface area contributed by atoms with Crippen LogP contribution in [0.25, 0.3) is 49.5 Å². The van der Waals surface area contributed by atoms with Crippen LogP contribution in [0.4, 0.5) is 17.1 Å². The van der Waals surface area contributed by atoms with E-state index in [1.807, 2.05) is 0 Å². The number of nitrogens with zero attached hydrogens (tertiary/aromatic N) is 1. The lowest BCUT2D eigenvalue weighted by atomic mass is 9.85. The van der Waals surface area contributed by atoms with Gasteiger partial charge in [0.05, 0.1) is 5.69 Å². The largest absolute Gasteiger partial charge is 0.310 e. The quantitative estimate of drug-likeness (QED) is 0.207. The van der Waals surface area contributed by atoms with Gasteiger partial charge >= 0.3 is 0 Å². The van der Waals surface area contributed by atoms with Gasteiger partial charge in [0.2, 0.25) is 0 Å². The van der Waals surface area contributed by atoms with Gasteiger partial charge in [-0.3, -0.25) is 0 Å². The number of allylic oxidation sites excluding steroid dienone is 1. The molecule has 7 aromatic rings. The molecule has 1 aliphatic rings. The van der Waals surface area contributed by atoms with Gasteiger partial charge in [-0.1, -0.05) is 115 Å². The number of fused-ring (bicyclic) bond motifs is 6. The van der Waals surface area contributed by atoms with Crippen LogP contribution in [0.1, 0.15) is 17.5 Å². The van der Waals surface area contributed by atoms with E-state index >= 15 is 0 Å². The molecule has 0 saturated heterocycles. The summed E-state index contributed by atoms with van der Waals surface area (Å²) in [5.74, 6) is 0. The molecular weight excluding hydrogens is 494 g/mol. The van der Waals surface area contributed by atoms with Gasteiger partial charge < -0.3 is 4.90 Å². The number of anilines is 3. The van der Waals surface area contributed by atoms with E-state index in [4.69, 9.17) is 0 Å². The molecule has 0 aromatic heterocycles. The van der Waals surface area contributed by atoms with Crippen molar-refractivity contribution in [2.75, 3.05) is 4.90 Å². The number of hydrogen-bond donors (Lipinski definition) is 0. The van der Waals surface area contributed by atoms with Crippen molar-refractivity contribution < 1.29 is 0 Å². The first-order valence-electron chi connectivity index (χ1n) is 14.4. The zero-order valence-corrected chi connectivity index (χ0v) is 22.8. The second-order valence-corrected chi connectivity index (χ2v) is 10.8. The third kappa shape index (κ3) is 3.93. The van der Waals surface area contributed by atoms with Crippen molar-refractivity contribution in [2.24, 2.45) is 0 Å². The summed E-state index contributed by atoms with van der Waals surface area (Å²) in [5.41, 5.74) is 8.94. The Morgan fingerprint density at radius 3 is 1.80 bits per heavy atom. The van der Waals surface area contributed by atoms with E-state index in [2.05, 4.69) is 157 Å². The molecule has 0 spiro atoms. The zero-order chi connectivity index (χ0) is 27.2. The Bertz CT molecular complexity index is 2050. The smallest absolute Gasteiger partial charge is 0.0546 e. The van der Waals surface area contributed by atoms with Gasteiger partial charge in [0.1, 0.15) is 0 Å². The molecule has 0 unspecified atom stereocenters. The van der Waals surface area contributed by atoms with Gasteiger partial charge in [-0.2, -0.15) is 0 Å². The molecule has 1 aliphatic carbocycles. The van der Waals surface area contributed by atoms with Gasteiger partial charge in [0.15, 0.2) is 0 Å². The number of hydrogen-bond acceptors (Lipinski definition) is 1. The Kier molecular flexibility index (Phi) is 5.67. The van der Waals surface area contributed by atoms with E-state index in [0.29, 0.717) is 0 Å². The minimum Gasteiger partial charge on any atom is -0.310 e. The van der Waals surface area contributed by atoms with Crippen LogP contribution in [0.3, 0.4) is 0 Å². The summed E-state index contributed by atoms with van der Waals surface area (Å²) in [6.07, 6.45) is 6.75. The number of para-hydroxylation sites is 2. The molecule has 194 valence electrons. The first-order chi connectivity index (χ1) is 20.4. The van der Waals surface area contributed by atoms with Crippen molar-refractivity contribution in [1.29, 1.82) is 0 Å². The van der Waals surface area contributed by atoms with Crippen molar-refractivity contribution in [3.63, 3.8) is 0 Å². The molecule has 1 heteroatoms. The van der Waals surface area contributed by atoms with E-state index in [0.717, 1.165) is 24.2 Å². The molecule has 0 fully saturated rings. The van der Waals surface area contributed by atoms with Crippen LogP contribution in [0.2, 0.25) is 0 Å². The highest BCUT2D eigenvalue weighted by atomic mass is 15.1. The fourth-order valence-electron chi connectivity index (χ4n) is 6.68. The second-order valence-electron chi connectivity index (χ2n) is 10.8. The molecular formula is C40H29N. The van der Waals surface area contributed by atoms with Crippen LogP contribution in [0, 0.1) is 0 Å². The zero-order valence-electron chi connectivity index (χ0n) is 22.8. The lowest BCUT2D eigenvalue weighted by molar-refractivity contribution is 0.988. The van der Waals surface area contributed by atoms with Crippen LogP contribution in [-0.4, -0.2) is 0 Å². The summed E-state index contributed by atoms with van der Waals surface area (Å²) in [6.45, 7) is 0. The number of benzene rings is 7. The van der Waals surface area contributed by atoms with Crippen LogP contribution < -0.4 is 4.90 Å². The van der Waals surface area contributed by atoms with Crippen molar-refractivity contribution in [3.8, 4) is 11.1 Å². The highest BCUT2D eigenvalue weighted by molar-refractivity contribution is 6.26. The molecule has 0 aliphatic heterocycles. The van der Waals surface area contributed by atoms with Crippen molar-refractivity contribution in [2.45, 2.75) is 12.8 Å². The molecule has 0 amide bonds. The summed E-state index contributed by atoms with van der Waals surface area (Å²) in [6, 6.07) is 50.9. The van der Waals surface area contributed by atoms with E-state index in [1.54, 1.807) is 0 Å². The Morgan fingerprint density at radius 2 is 1.10 bits per heavy atom. The maximum absolute atomic E-state index is 2.44. The molecule has 41 heavy (non-hydrogen) atoms. The molecule has 0 radical (unpaired) electrons. The van der Waals surface area contributed by atoms with Crippen molar-refractivity contribution in [1.82, 2.24) is 0 Å². The van der Waals surface area contributed by atoms with Gasteiger partial charge in [0.25, 0.3) is 0 Å². The molecule has 0 heterocycles. The lowest BCUT2D eigenvalue weighted by Gasteiger charge is -2.28. The second kappa shape index (κ2) is 9.80. The third-order valence-corrected chi connectivity index (χ3v) is 8.47. The summed E-state index contributed by atoms with van der Waals surface area (Å²) in [7, 11) is 0. The topological polar surface area (TPSA) is 3.24 Å². The molecule has 0 atom stereocenters. The average molecular weight is 524 g/mol. The Hall–Kier alpha value is -5.14. The van der Waals surface area contributed by atoms with Crippen LogP contribution in [0.15, 0.2) is 146 Å². The van der Waals surface area contributed by atoms with Gasteiger partial charge in [-0.15, -0.1) is 0 Å². The number of rotatable bonds is 4. The van der Waals surface area contributed by atoms with Gasteiger partial charge in [-0.25, -0.2) is 0 Å². The minimum atomic E-state index is 1.08. The summed E-state index contributed by atoms with van der Waals surface area (Å²) in [5, 5.41) is 7.70. The van der Waals surface area contributed by atoms with E-state index in [-0.39, 0.29) is 0 Å². The highest BCUT2D eigenvalue weighted by Crippen LogP contribution is 2.46. The molecule has 7 aromatic carbocycles. The standard InChI is InChI=1S/C40H29N/c1-3-16-30(17-4-1)41(31-18-5-2-6-19-31)39-27-29-26-38(33-25-13-15-28-14-7-8-20-32(28)33)34-21-9-11-23-36(34)40(29)37-24-12-10-22-35(37)39/h1-7,9-19,21-27H,8,20H2. The molecule has 8 rings (SSSR count). The van der Waals surface area contributed by atoms with E-state index in [9.17, 15) is 0 Å². The van der Waals surface area contributed by atoms with Crippen molar-refractivity contribution >= 4 is 55.5 Å². The van der Waals surface area contributed by atoms with Gasteiger partial charge in [-0.05, 0) is 98.4 Å². The predicted molar refractivity (Wildman–Crippen MR) is 176 cm³/mol. The summed E-state index contributed by atoms with van der Waals surface area (Å²) < 4.78 is 0. The summed E-state index contributed by atoms with van der Waals surface area (Å²) in [4.78, 5) is 2.39. The van der Waals surface area contributed by atoms with Crippen molar-refractivity contribution in [3.05, 3.63) is 157 Å². The third-order valence-electron chi connectivity index (χ3n) is 8.47. The monoisotopic (exact) mass is 523 g/mol. The minimum absolute atomic E-state index is 1.08. The van der Waals surface area contributed by atoms with E-state index in [1.165, 1.54) is 60.3 Å². The van der Waals surface area contributed by atoms with Crippen LogP contribution >= 0.6 is 0 Å². The highest BCUT2D eigenvalue weighted by Gasteiger charge is 2.20. The van der Waals surface area contributed by atoms with Gasteiger partial charge in [0, 0.05) is 16.8 Å². The SMILES string of the molecule is C1=Cc2cccc(-c3cc4cc(N(c5ccccc5)c5ccccc5)c5ccccc5c4c4ccccc34)c2CC1. The van der Waals surface area contributed by atoms with E-state index < -0.39 is 0 Å². The lowest BCUT2D eigenvalue weighted by Crippen LogP contribution is -2.10. The molecule has 0 bridgehead atoms. The van der Waals surface area contributed by atoms with Crippen LogP contribution in [-0.2, 0) is 6.42 Å².